The molecule has 4 rings (SSSR count). The van der Waals surface area contributed by atoms with Gasteiger partial charge in [-0.15, -0.1) is 13.2 Å². The van der Waals surface area contributed by atoms with Crippen molar-refractivity contribution in [2.45, 2.75) is 26.3 Å². The van der Waals surface area contributed by atoms with Crippen LogP contribution in [0.5, 0.6) is 17.4 Å². The van der Waals surface area contributed by atoms with Crippen LogP contribution in [0.4, 0.5) is 13.2 Å². The fourth-order valence-electron chi connectivity index (χ4n) is 3.23. The predicted molar refractivity (Wildman–Crippen MR) is 118 cm³/mol. The highest BCUT2D eigenvalue weighted by molar-refractivity contribution is 6.30. The number of ether oxygens (including phenoxy) is 2. The number of hydrogen-bond acceptors (Lipinski definition) is 5. The number of nitrogens with one attached hydrogen (secondary N) is 1. The minimum atomic E-state index is -4.76. The molecule has 3 aromatic heterocycles. The highest BCUT2D eigenvalue weighted by Crippen LogP contribution is 2.26. The molecule has 0 radical (unpaired) electrons. The lowest BCUT2D eigenvalue weighted by Crippen LogP contribution is -2.25. The van der Waals surface area contributed by atoms with Gasteiger partial charge in [-0.25, -0.2) is 9.97 Å². The second-order valence-corrected chi connectivity index (χ2v) is 7.58. The summed E-state index contributed by atoms with van der Waals surface area (Å²) >= 11 is 6.07. The largest absolute Gasteiger partial charge is 0.573 e. The molecule has 0 aliphatic heterocycles. The molecule has 0 aliphatic rings. The molecule has 0 atom stereocenters. The molecule has 11 heteroatoms. The first kappa shape index (κ1) is 23.4. The average molecular weight is 491 g/mol. The maximum Gasteiger partial charge on any atom is 0.573 e. The van der Waals surface area contributed by atoms with Crippen LogP contribution in [0.15, 0.2) is 60.9 Å². The molecule has 1 amide bonds. The second-order valence-electron chi connectivity index (χ2n) is 7.14. The Balaban J connectivity index is 1.38. The number of imidazole rings is 1. The second kappa shape index (κ2) is 9.60. The quantitative estimate of drug-likeness (QED) is 0.366. The number of alkyl halides is 3. The summed E-state index contributed by atoms with van der Waals surface area (Å²) in [5.41, 5.74) is 2.44. The van der Waals surface area contributed by atoms with Crippen LogP contribution in [0, 0.1) is 0 Å². The van der Waals surface area contributed by atoms with Gasteiger partial charge in [0.15, 0.2) is 0 Å². The molecular formula is C23H18ClF3N4O3. The number of rotatable bonds is 7. The molecular weight excluding hydrogens is 473 g/mol. The first-order valence-electron chi connectivity index (χ1n) is 10.1. The number of carbonyl (C=O) groups excluding carboxylic acids is 1. The van der Waals surface area contributed by atoms with Gasteiger partial charge in [0.25, 0.3) is 5.91 Å². The van der Waals surface area contributed by atoms with Gasteiger partial charge >= 0.3 is 6.36 Å². The van der Waals surface area contributed by atoms with E-state index in [9.17, 15) is 18.0 Å². The number of aryl methyl sites for hydroxylation is 1. The minimum absolute atomic E-state index is 0.215. The maximum absolute atomic E-state index is 12.9. The number of carbonyl (C=O) groups is 1. The summed E-state index contributed by atoms with van der Waals surface area (Å²) in [5, 5.41) is 3.34. The highest BCUT2D eigenvalue weighted by Gasteiger charge is 2.31. The van der Waals surface area contributed by atoms with Gasteiger partial charge in [-0.05, 0) is 48.4 Å². The number of amides is 1. The van der Waals surface area contributed by atoms with Crippen molar-refractivity contribution in [3.8, 4) is 17.4 Å². The molecule has 4 aromatic rings. The third kappa shape index (κ3) is 5.57. The molecule has 1 aromatic carbocycles. The fourth-order valence-corrected chi connectivity index (χ4v) is 3.39. The van der Waals surface area contributed by atoms with Crippen molar-refractivity contribution in [3.05, 3.63) is 82.9 Å². The summed E-state index contributed by atoms with van der Waals surface area (Å²) in [6, 6.07) is 11.7. The van der Waals surface area contributed by atoms with Gasteiger partial charge < -0.3 is 14.8 Å². The fraction of sp³-hybridized carbons (Fsp3) is 0.174. The number of benzene rings is 1. The Morgan fingerprint density at radius 2 is 1.82 bits per heavy atom. The number of nitrogens with zero attached hydrogens (tertiary/aromatic N) is 3. The van der Waals surface area contributed by atoms with Crippen LogP contribution < -0.4 is 14.8 Å². The molecule has 3 heterocycles. The molecule has 0 saturated heterocycles. The smallest absolute Gasteiger partial charge is 0.439 e. The summed E-state index contributed by atoms with van der Waals surface area (Å²) in [7, 11) is 0. The first-order chi connectivity index (χ1) is 16.2. The van der Waals surface area contributed by atoms with Crippen molar-refractivity contribution >= 4 is 23.2 Å². The zero-order valence-electron chi connectivity index (χ0n) is 17.8. The molecule has 7 nitrogen and oxygen atoms in total. The van der Waals surface area contributed by atoms with Crippen molar-refractivity contribution in [1.29, 1.82) is 0 Å². The SMILES string of the molecule is CCc1nc2ccc(Cl)cn2c1C(=O)NCc1ccc(Oc2ccc(OC(F)(F)F)cc2)nc1. The van der Waals surface area contributed by atoms with Gasteiger partial charge in [-0.1, -0.05) is 24.6 Å². The zero-order valence-corrected chi connectivity index (χ0v) is 18.5. The molecule has 176 valence electrons. The summed E-state index contributed by atoms with van der Waals surface area (Å²) in [5.74, 6) is -0.114. The van der Waals surface area contributed by atoms with E-state index in [4.69, 9.17) is 16.3 Å². The Morgan fingerprint density at radius 1 is 1.09 bits per heavy atom. The lowest BCUT2D eigenvalue weighted by atomic mass is 10.2. The van der Waals surface area contributed by atoms with Crippen LogP contribution in [0.3, 0.4) is 0 Å². The Labute approximate surface area is 197 Å². The molecule has 0 aliphatic carbocycles. The van der Waals surface area contributed by atoms with E-state index in [-0.39, 0.29) is 24.1 Å². The summed E-state index contributed by atoms with van der Waals surface area (Å²) in [6.45, 7) is 2.13. The topological polar surface area (TPSA) is 77.8 Å². The Morgan fingerprint density at radius 3 is 2.47 bits per heavy atom. The standard InChI is InChI=1S/C23H18ClF3N4O3/c1-2-18-21(31-13-15(24)4-9-19(31)30-18)22(32)29-12-14-3-10-20(28-11-14)33-16-5-7-17(8-6-16)34-23(25,26)27/h3-11,13H,2,12H2,1H3,(H,29,32). The minimum Gasteiger partial charge on any atom is -0.439 e. The van der Waals surface area contributed by atoms with E-state index >= 15 is 0 Å². The third-order valence-corrected chi connectivity index (χ3v) is 4.96. The van der Waals surface area contributed by atoms with Gasteiger partial charge in [0, 0.05) is 25.0 Å². The average Bonchev–Trinajstić information content (AvgIpc) is 3.16. The molecule has 1 N–H and O–H groups in total. The lowest BCUT2D eigenvalue weighted by molar-refractivity contribution is -0.274. The van der Waals surface area contributed by atoms with Crippen LogP contribution in [0.25, 0.3) is 5.65 Å². The third-order valence-electron chi connectivity index (χ3n) is 4.73. The Bertz CT molecular complexity index is 1310. The first-order valence-corrected chi connectivity index (χ1v) is 10.5. The van der Waals surface area contributed by atoms with Crippen molar-refractivity contribution in [1.82, 2.24) is 19.7 Å². The van der Waals surface area contributed by atoms with E-state index in [0.717, 1.165) is 17.7 Å². The van der Waals surface area contributed by atoms with Crippen LogP contribution >= 0.6 is 11.6 Å². The number of fused-ring (bicyclic) bond motifs is 1. The highest BCUT2D eigenvalue weighted by atomic mass is 35.5. The van der Waals surface area contributed by atoms with Crippen molar-refractivity contribution in [3.63, 3.8) is 0 Å². The van der Waals surface area contributed by atoms with Crippen molar-refractivity contribution < 1.29 is 27.4 Å². The van der Waals surface area contributed by atoms with Crippen molar-refractivity contribution in [2.75, 3.05) is 0 Å². The Hall–Kier alpha value is -3.79. The molecule has 0 spiro atoms. The number of aromatic nitrogens is 3. The van der Waals surface area contributed by atoms with E-state index in [1.54, 1.807) is 34.9 Å². The van der Waals surface area contributed by atoms with E-state index < -0.39 is 6.36 Å². The molecule has 0 unspecified atom stereocenters. The van der Waals surface area contributed by atoms with E-state index in [1.165, 1.54) is 18.3 Å². The summed E-state index contributed by atoms with van der Waals surface area (Å²) < 4.78 is 47.7. The normalized spacial score (nSPS) is 11.4. The van der Waals surface area contributed by atoms with E-state index in [0.29, 0.717) is 34.2 Å². The van der Waals surface area contributed by atoms with Crippen molar-refractivity contribution in [2.24, 2.45) is 0 Å². The maximum atomic E-state index is 12.9. The molecule has 34 heavy (non-hydrogen) atoms. The number of halogens is 4. The zero-order chi connectivity index (χ0) is 24.3. The van der Waals surface area contributed by atoms with Crippen LogP contribution in [-0.4, -0.2) is 26.6 Å². The predicted octanol–water partition coefficient (Wildman–Crippen LogP) is 5.57. The number of hydrogen-bond donors (Lipinski definition) is 1. The van der Waals surface area contributed by atoms with Gasteiger partial charge in [-0.3, -0.25) is 9.20 Å². The van der Waals surface area contributed by atoms with Gasteiger partial charge in [-0.2, -0.15) is 0 Å². The Kier molecular flexibility index (Phi) is 6.60. The van der Waals surface area contributed by atoms with Crippen LogP contribution in [0.1, 0.15) is 28.7 Å². The van der Waals surface area contributed by atoms with Crippen LogP contribution in [0.2, 0.25) is 5.02 Å². The monoisotopic (exact) mass is 490 g/mol. The summed E-state index contributed by atoms with van der Waals surface area (Å²) in [6.07, 6.45) is -0.999. The van der Waals surface area contributed by atoms with Gasteiger partial charge in [0.2, 0.25) is 5.88 Å². The van der Waals surface area contributed by atoms with E-state index in [2.05, 4.69) is 20.0 Å². The lowest BCUT2D eigenvalue weighted by Gasteiger charge is -2.10. The van der Waals surface area contributed by atoms with Gasteiger partial charge in [0.1, 0.15) is 22.8 Å². The molecule has 0 fully saturated rings. The molecule has 0 bridgehead atoms. The summed E-state index contributed by atoms with van der Waals surface area (Å²) in [4.78, 5) is 21.5. The van der Waals surface area contributed by atoms with Crippen LogP contribution in [-0.2, 0) is 13.0 Å². The van der Waals surface area contributed by atoms with E-state index in [1.807, 2.05) is 6.92 Å². The number of pyridine rings is 2. The van der Waals surface area contributed by atoms with Gasteiger partial charge in [0.05, 0.1) is 10.7 Å². The molecule has 0 saturated carbocycles.